The van der Waals surface area contributed by atoms with Gasteiger partial charge in [0.2, 0.25) is 0 Å². The van der Waals surface area contributed by atoms with E-state index in [1.165, 1.54) is 12.1 Å². The Kier molecular flexibility index (Phi) is 10.6. The SMILES string of the molecule is CC1=C(CC(=O)O)c2cc(F)ccc2/C1=C\c1ccc([S+](C)[O-])cc1.CCO.[CaH2]. The van der Waals surface area contributed by atoms with E-state index in [0.717, 1.165) is 27.2 Å². The fourth-order valence-corrected chi connectivity index (χ4v) is 3.57. The number of carboxylic acid groups (broad SMARTS) is 1. The molecule has 0 saturated heterocycles. The first-order valence-electron chi connectivity index (χ1n) is 8.76. The number of aliphatic carboxylic acids is 1. The van der Waals surface area contributed by atoms with E-state index < -0.39 is 17.1 Å². The van der Waals surface area contributed by atoms with Crippen molar-refractivity contribution < 1.29 is 24.0 Å². The van der Waals surface area contributed by atoms with E-state index in [-0.39, 0.29) is 56.6 Å². The molecule has 2 aromatic carbocycles. The molecule has 1 atom stereocenters. The fourth-order valence-electron chi connectivity index (χ4n) is 3.05. The predicted molar refractivity (Wildman–Crippen MR) is 119 cm³/mol. The minimum absolute atomic E-state index is 0. The van der Waals surface area contributed by atoms with E-state index >= 15 is 0 Å². The summed E-state index contributed by atoms with van der Waals surface area (Å²) >= 11 is -1.04. The van der Waals surface area contributed by atoms with Crippen LogP contribution in [0.15, 0.2) is 52.9 Å². The number of halogens is 1. The van der Waals surface area contributed by atoms with Gasteiger partial charge in [0.1, 0.15) is 12.1 Å². The van der Waals surface area contributed by atoms with Gasteiger partial charge in [0, 0.05) is 6.61 Å². The summed E-state index contributed by atoms with van der Waals surface area (Å²) in [4.78, 5) is 11.9. The summed E-state index contributed by atoms with van der Waals surface area (Å²) in [5.74, 6) is -1.33. The Hall–Kier alpha value is -1.15. The number of carboxylic acids is 1. The molecule has 0 aliphatic heterocycles. The zero-order chi connectivity index (χ0) is 20.8. The Bertz CT molecular complexity index is 921. The van der Waals surface area contributed by atoms with Crippen LogP contribution in [-0.2, 0) is 16.0 Å². The van der Waals surface area contributed by atoms with Gasteiger partial charge in [0.15, 0.2) is 4.90 Å². The van der Waals surface area contributed by atoms with E-state index in [0.29, 0.717) is 11.1 Å². The maximum atomic E-state index is 13.7. The molecule has 0 heterocycles. The first-order valence-corrected chi connectivity index (χ1v) is 10.3. The van der Waals surface area contributed by atoms with Crippen LogP contribution in [0.2, 0.25) is 0 Å². The maximum absolute atomic E-state index is 13.7. The van der Waals surface area contributed by atoms with Gasteiger partial charge in [-0.1, -0.05) is 6.07 Å². The second kappa shape index (κ2) is 11.9. The van der Waals surface area contributed by atoms with Crippen molar-refractivity contribution in [2.45, 2.75) is 25.2 Å². The van der Waals surface area contributed by atoms with Crippen LogP contribution in [0.1, 0.15) is 37.0 Å². The molecule has 0 fully saturated rings. The van der Waals surface area contributed by atoms with Gasteiger partial charge in [-0.2, -0.15) is 0 Å². The third kappa shape index (κ3) is 6.67. The van der Waals surface area contributed by atoms with Gasteiger partial charge in [-0.05, 0) is 101 Å². The summed E-state index contributed by atoms with van der Waals surface area (Å²) in [5, 5.41) is 16.7. The van der Waals surface area contributed by atoms with Crippen molar-refractivity contribution in [2.24, 2.45) is 0 Å². The third-order valence-corrected chi connectivity index (χ3v) is 5.24. The van der Waals surface area contributed by atoms with Crippen molar-refractivity contribution in [2.75, 3.05) is 12.9 Å². The van der Waals surface area contributed by atoms with E-state index in [9.17, 15) is 13.7 Å². The van der Waals surface area contributed by atoms with Gasteiger partial charge in [-0.3, -0.25) is 4.79 Å². The van der Waals surface area contributed by atoms with E-state index in [1.807, 2.05) is 25.1 Å². The van der Waals surface area contributed by atoms with Gasteiger partial charge in [0.25, 0.3) is 0 Å². The number of aliphatic hydroxyl groups is 1. The standard InChI is InChI=1S/C20H17FO3S.C2H6O.Ca.2H/c1-12-17(9-13-3-6-15(7-4-13)25(2)24)16-8-5-14(21)10-19(16)18(12)11-20(22)23;1-2-3;;;/h3-10H,11H2,1-2H3,(H,22,23);3H,2H2,1H3;;;/b17-9-;;;;. The number of hydrogen-bond donors (Lipinski definition) is 2. The molecule has 1 aliphatic carbocycles. The van der Waals surface area contributed by atoms with E-state index in [4.69, 9.17) is 10.2 Å². The van der Waals surface area contributed by atoms with Crippen molar-refractivity contribution in [1.82, 2.24) is 0 Å². The summed E-state index contributed by atoms with van der Waals surface area (Å²) < 4.78 is 25.1. The number of fused-ring (bicyclic) bond motifs is 1. The number of benzene rings is 2. The van der Waals surface area contributed by atoms with Gasteiger partial charge in [-0.25, -0.2) is 4.39 Å². The number of carbonyl (C=O) groups is 1. The van der Waals surface area contributed by atoms with Gasteiger partial charge < -0.3 is 14.8 Å². The molecule has 0 amide bonds. The number of allylic oxidation sites excluding steroid dienone is 2. The predicted octanol–water partition coefficient (Wildman–Crippen LogP) is 3.45. The van der Waals surface area contributed by atoms with Crippen molar-refractivity contribution >= 4 is 72.1 Å². The summed E-state index contributed by atoms with van der Waals surface area (Å²) in [6, 6.07) is 11.8. The molecule has 0 spiro atoms. The molecule has 152 valence electrons. The van der Waals surface area contributed by atoms with Crippen LogP contribution >= 0.6 is 0 Å². The summed E-state index contributed by atoms with van der Waals surface area (Å²) in [6.45, 7) is 3.79. The molecule has 0 aromatic heterocycles. The molecular formula is C22H25CaFO4S. The average molecular weight is 445 g/mol. The molecule has 1 unspecified atom stereocenters. The summed E-state index contributed by atoms with van der Waals surface area (Å²) in [5.41, 5.74) is 4.74. The topological polar surface area (TPSA) is 80.6 Å². The molecule has 0 bridgehead atoms. The van der Waals surface area contributed by atoms with Crippen molar-refractivity contribution in [1.29, 1.82) is 0 Å². The fraction of sp³-hybridized carbons (Fsp3) is 0.227. The molecule has 1 aliphatic rings. The Morgan fingerprint density at radius 2 is 1.76 bits per heavy atom. The zero-order valence-corrected chi connectivity index (χ0v) is 16.8. The van der Waals surface area contributed by atoms with Crippen molar-refractivity contribution in [3.05, 3.63) is 70.5 Å². The van der Waals surface area contributed by atoms with Crippen LogP contribution in [-0.4, -0.2) is 71.3 Å². The zero-order valence-electron chi connectivity index (χ0n) is 16.0. The number of rotatable bonds is 4. The van der Waals surface area contributed by atoms with Crippen LogP contribution < -0.4 is 0 Å². The minimum atomic E-state index is -1.04. The first-order chi connectivity index (χ1) is 13.3. The Balaban J connectivity index is 0.000000990. The van der Waals surface area contributed by atoms with Crippen LogP contribution in [0.25, 0.3) is 17.2 Å². The van der Waals surface area contributed by atoms with Gasteiger partial charge >= 0.3 is 43.7 Å². The van der Waals surface area contributed by atoms with Gasteiger partial charge in [-0.15, -0.1) is 0 Å². The monoisotopic (exact) mass is 444 g/mol. The van der Waals surface area contributed by atoms with E-state index in [2.05, 4.69) is 0 Å². The second-order valence-electron chi connectivity index (χ2n) is 6.26. The average Bonchev–Trinajstić information content (AvgIpc) is 2.87. The summed E-state index contributed by atoms with van der Waals surface area (Å²) in [7, 11) is 0. The molecule has 7 heteroatoms. The normalized spacial score (nSPS) is 14.6. The third-order valence-electron chi connectivity index (χ3n) is 4.30. The molecule has 2 aromatic rings. The molecule has 2 N–H and O–H groups in total. The van der Waals surface area contributed by atoms with Crippen LogP contribution in [0.5, 0.6) is 0 Å². The first kappa shape index (κ1) is 25.9. The van der Waals surface area contributed by atoms with Crippen molar-refractivity contribution in [3.8, 4) is 0 Å². The molecular weight excluding hydrogens is 419 g/mol. The van der Waals surface area contributed by atoms with Gasteiger partial charge in [0.05, 0.1) is 6.42 Å². The van der Waals surface area contributed by atoms with E-state index in [1.54, 1.807) is 31.4 Å². The number of aliphatic hydroxyl groups excluding tert-OH is 1. The van der Waals surface area contributed by atoms with Crippen LogP contribution in [0.3, 0.4) is 0 Å². The number of hydrogen-bond acceptors (Lipinski definition) is 3. The molecule has 29 heavy (non-hydrogen) atoms. The second-order valence-corrected chi connectivity index (χ2v) is 7.64. The van der Waals surface area contributed by atoms with Crippen LogP contribution in [0.4, 0.5) is 4.39 Å². The quantitative estimate of drug-likeness (QED) is 0.559. The van der Waals surface area contributed by atoms with Crippen molar-refractivity contribution in [3.63, 3.8) is 0 Å². The molecule has 4 nitrogen and oxygen atoms in total. The molecule has 0 saturated carbocycles. The Morgan fingerprint density at radius 3 is 2.28 bits per heavy atom. The Labute approximate surface area is 203 Å². The molecule has 0 radical (unpaired) electrons. The van der Waals surface area contributed by atoms with Crippen LogP contribution in [0, 0.1) is 5.82 Å². The summed E-state index contributed by atoms with van der Waals surface area (Å²) in [6.07, 6.45) is 3.43. The Morgan fingerprint density at radius 1 is 1.17 bits per heavy atom. The molecule has 3 rings (SSSR count).